The van der Waals surface area contributed by atoms with Crippen molar-refractivity contribution in [3.63, 3.8) is 0 Å². The number of hydrogen-bond acceptors (Lipinski definition) is 7. The van der Waals surface area contributed by atoms with E-state index in [1.165, 1.54) is 0 Å². The first kappa shape index (κ1) is 41.0. The van der Waals surface area contributed by atoms with E-state index in [0.717, 1.165) is 44.5 Å². The summed E-state index contributed by atoms with van der Waals surface area (Å²) in [6, 6.07) is 29.8. The Morgan fingerprint density at radius 3 is 1.30 bits per heavy atom. The summed E-state index contributed by atoms with van der Waals surface area (Å²) in [6.07, 6.45) is -0.436. The van der Waals surface area contributed by atoms with E-state index in [4.69, 9.17) is 9.47 Å². The molecule has 0 heterocycles. The number of carbonyl (C=O) groups excluding carboxylic acids is 4. The molecule has 57 heavy (non-hydrogen) atoms. The summed E-state index contributed by atoms with van der Waals surface area (Å²) in [7, 11) is 0. The highest BCUT2D eigenvalue weighted by molar-refractivity contribution is 5.87. The number of fused-ring (bicyclic) bond motifs is 6. The third kappa shape index (κ3) is 10.0. The van der Waals surface area contributed by atoms with Gasteiger partial charge in [-0.1, -0.05) is 125 Å². The maximum absolute atomic E-state index is 13.5. The monoisotopic (exact) mass is 774 g/mol. The molecule has 0 aromatic heterocycles. The van der Waals surface area contributed by atoms with Gasteiger partial charge in [0, 0.05) is 18.4 Å². The molecule has 2 aliphatic carbocycles. The molecule has 4 aromatic rings. The van der Waals surface area contributed by atoms with Gasteiger partial charge < -0.3 is 35.8 Å². The second-order valence-electron chi connectivity index (χ2n) is 15.8. The average molecular weight is 775 g/mol. The zero-order valence-corrected chi connectivity index (χ0v) is 33.1. The van der Waals surface area contributed by atoms with Gasteiger partial charge >= 0.3 is 12.2 Å². The van der Waals surface area contributed by atoms with Crippen LogP contribution in [0.2, 0.25) is 0 Å². The van der Waals surface area contributed by atoms with Crippen molar-refractivity contribution in [1.82, 2.24) is 21.3 Å². The molecule has 0 bridgehead atoms. The van der Waals surface area contributed by atoms with Crippen LogP contribution in [-0.2, 0) is 19.1 Å². The second-order valence-corrected chi connectivity index (χ2v) is 15.8. The van der Waals surface area contributed by atoms with Crippen molar-refractivity contribution in [2.24, 2.45) is 11.8 Å². The lowest BCUT2D eigenvalue weighted by atomic mass is 9.98. The first-order chi connectivity index (χ1) is 27.5. The van der Waals surface area contributed by atoms with Crippen LogP contribution in [-0.4, -0.2) is 73.6 Å². The molecule has 0 fully saturated rings. The highest BCUT2D eigenvalue weighted by atomic mass is 16.6. The Balaban J connectivity index is 0.980. The van der Waals surface area contributed by atoms with Crippen LogP contribution >= 0.6 is 0 Å². The van der Waals surface area contributed by atoms with Crippen LogP contribution in [0.1, 0.15) is 81.0 Å². The van der Waals surface area contributed by atoms with Crippen molar-refractivity contribution in [2.45, 2.75) is 76.9 Å². The summed E-state index contributed by atoms with van der Waals surface area (Å²) in [6.45, 7) is 7.80. The lowest BCUT2D eigenvalue weighted by molar-refractivity contribution is -0.124. The van der Waals surface area contributed by atoms with Gasteiger partial charge in [-0.15, -0.1) is 0 Å². The van der Waals surface area contributed by atoms with E-state index >= 15 is 0 Å². The summed E-state index contributed by atoms with van der Waals surface area (Å²) in [5, 5.41) is 21.3. The molecule has 4 aromatic carbocycles. The normalized spacial score (nSPS) is 14.4. The smallest absolute Gasteiger partial charge is 0.407 e. The predicted octanol–water partition coefficient (Wildman–Crippen LogP) is 6.88. The minimum atomic E-state index is -0.902. The molecule has 0 spiro atoms. The summed E-state index contributed by atoms with van der Waals surface area (Å²) >= 11 is 0. The maximum Gasteiger partial charge on any atom is 0.407 e. The zero-order chi connectivity index (χ0) is 40.5. The van der Waals surface area contributed by atoms with Gasteiger partial charge in [-0.3, -0.25) is 9.59 Å². The topological polar surface area (TPSA) is 155 Å². The Morgan fingerprint density at radius 1 is 0.561 bits per heavy atom. The standard InChI is InChI=1S/C46H54N4O7/c1-28(2)23-41(49-45(54)56-26-39-35-17-9-5-13-31(35)32-14-6-10-18-36(32)39)43(52)47-22-21-30(25-51)48-44(53)42(24-29(3)4)50-46(55)57-27-40-37-19-11-7-15-33(37)34-16-8-12-20-38(34)40/h5-20,28-30,39-42,51H,21-27H2,1-4H3,(H,47,52)(H,48,53)(H,49,54)(H,50,55)/t30?,41-,42-/m0/s1. The van der Waals surface area contributed by atoms with Crippen molar-refractivity contribution in [2.75, 3.05) is 26.4 Å². The van der Waals surface area contributed by atoms with Gasteiger partial charge in [0.2, 0.25) is 11.8 Å². The van der Waals surface area contributed by atoms with E-state index < -0.39 is 42.1 Å². The van der Waals surface area contributed by atoms with Crippen molar-refractivity contribution in [3.05, 3.63) is 119 Å². The molecule has 300 valence electrons. The molecular weight excluding hydrogens is 721 g/mol. The molecule has 1 unspecified atom stereocenters. The lowest BCUT2D eigenvalue weighted by Gasteiger charge is -2.24. The molecule has 6 rings (SSSR count). The second kappa shape index (κ2) is 19.0. The molecule has 4 amide bonds. The Morgan fingerprint density at radius 2 is 0.930 bits per heavy atom. The quantitative estimate of drug-likeness (QED) is 0.0784. The molecule has 5 N–H and O–H groups in total. The zero-order valence-electron chi connectivity index (χ0n) is 33.1. The number of alkyl carbamates (subject to hydrolysis) is 2. The Kier molecular flexibility index (Phi) is 13.6. The lowest BCUT2D eigenvalue weighted by Crippen LogP contribution is -2.52. The molecule has 2 aliphatic rings. The van der Waals surface area contributed by atoms with Crippen LogP contribution < -0.4 is 21.3 Å². The van der Waals surface area contributed by atoms with Crippen LogP contribution in [0.5, 0.6) is 0 Å². The maximum atomic E-state index is 13.5. The Hall–Kier alpha value is -5.68. The number of carbonyl (C=O) groups is 4. The van der Waals surface area contributed by atoms with E-state index in [0.29, 0.717) is 12.8 Å². The number of aliphatic hydroxyl groups excluding tert-OH is 1. The van der Waals surface area contributed by atoms with E-state index in [-0.39, 0.29) is 56.5 Å². The van der Waals surface area contributed by atoms with Gasteiger partial charge in [-0.2, -0.15) is 0 Å². The van der Waals surface area contributed by atoms with Gasteiger partial charge in [-0.05, 0) is 75.6 Å². The number of amides is 4. The number of rotatable bonds is 17. The molecule has 0 aliphatic heterocycles. The number of benzene rings is 4. The van der Waals surface area contributed by atoms with Gasteiger partial charge in [0.1, 0.15) is 25.3 Å². The SMILES string of the molecule is CC(C)C[C@H](NC(=O)OCC1c2ccccc2-c2ccccc21)C(=O)NCCC(CO)NC(=O)[C@H](CC(C)C)NC(=O)OCC1c2ccccc2-c2ccccc21. The minimum Gasteiger partial charge on any atom is -0.449 e. The molecule has 0 saturated heterocycles. The Labute approximate surface area is 334 Å². The number of aliphatic hydroxyl groups is 1. The van der Waals surface area contributed by atoms with E-state index in [1.807, 2.05) is 100 Å². The number of ether oxygens (including phenoxy) is 2. The van der Waals surface area contributed by atoms with Gasteiger partial charge in [0.25, 0.3) is 0 Å². The van der Waals surface area contributed by atoms with E-state index in [1.54, 1.807) is 0 Å². The molecule has 0 radical (unpaired) electrons. The third-order valence-corrected chi connectivity index (χ3v) is 10.7. The van der Waals surface area contributed by atoms with Crippen LogP contribution in [0.25, 0.3) is 22.3 Å². The van der Waals surface area contributed by atoms with E-state index in [2.05, 4.69) is 45.5 Å². The average Bonchev–Trinajstić information content (AvgIpc) is 3.70. The van der Waals surface area contributed by atoms with Crippen LogP contribution in [0.3, 0.4) is 0 Å². The van der Waals surface area contributed by atoms with Crippen molar-refractivity contribution >= 4 is 24.0 Å². The Bertz CT molecular complexity index is 1960. The fraction of sp³-hybridized carbons (Fsp3) is 0.391. The van der Waals surface area contributed by atoms with Crippen molar-refractivity contribution < 1.29 is 33.8 Å². The van der Waals surface area contributed by atoms with Crippen LogP contribution in [0.4, 0.5) is 9.59 Å². The fourth-order valence-electron chi connectivity index (χ4n) is 7.97. The van der Waals surface area contributed by atoms with Crippen LogP contribution in [0.15, 0.2) is 97.1 Å². The first-order valence-corrected chi connectivity index (χ1v) is 20.0. The summed E-state index contributed by atoms with van der Waals surface area (Å²) in [5.41, 5.74) is 8.85. The minimum absolute atomic E-state index is 0.0726. The van der Waals surface area contributed by atoms with Crippen molar-refractivity contribution in [1.29, 1.82) is 0 Å². The summed E-state index contributed by atoms with van der Waals surface area (Å²) < 4.78 is 11.4. The summed E-state index contributed by atoms with van der Waals surface area (Å²) in [4.78, 5) is 53.0. The predicted molar refractivity (Wildman–Crippen MR) is 220 cm³/mol. The largest absolute Gasteiger partial charge is 0.449 e. The molecule has 11 nitrogen and oxygen atoms in total. The fourth-order valence-corrected chi connectivity index (χ4v) is 7.97. The molecule has 11 heteroatoms. The molecule has 3 atom stereocenters. The molecular formula is C46H54N4O7. The number of hydrogen-bond donors (Lipinski definition) is 5. The first-order valence-electron chi connectivity index (χ1n) is 20.0. The van der Waals surface area contributed by atoms with Gasteiger partial charge in [0.05, 0.1) is 12.6 Å². The van der Waals surface area contributed by atoms with E-state index in [9.17, 15) is 24.3 Å². The summed E-state index contributed by atoms with van der Waals surface area (Å²) in [5.74, 6) is -0.916. The molecule has 0 saturated carbocycles. The van der Waals surface area contributed by atoms with Crippen LogP contribution in [0, 0.1) is 11.8 Å². The highest BCUT2D eigenvalue weighted by Crippen LogP contribution is 2.45. The van der Waals surface area contributed by atoms with Gasteiger partial charge in [-0.25, -0.2) is 9.59 Å². The number of nitrogens with one attached hydrogen (secondary N) is 4. The third-order valence-electron chi connectivity index (χ3n) is 10.7. The van der Waals surface area contributed by atoms with Gasteiger partial charge in [0.15, 0.2) is 0 Å². The van der Waals surface area contributed by atoms with Crippen molar-refractivity contribution in [3.8, 4) is 22.3 Å². The highest BCUT2D eigenvalue weighted by Gasteiger charge is 2.32.